The quantitative estimate of drug-likeness (QED) is 0.462. The molecule has 0 aromatic rings. The number of piperidine rings is 1. The van der Waals surface area contributed by atoms with Gasteiger partial charge in [0.25, 0.3) is 0 Å². The molecule has 13 heavy (non-hydrogen) atoms. The van der Waals surface area contributed by atoms with E-state index < -0.39 is 5.92 Å². The molecule has 74 valence electrons. The number of ether oxygens (including phenoxy) is 1. The highest BCUT2D eigenvalue weighted by Gasteiger charge is 2.33. The van der Waals surface area contributed by atoms with Gasteiger partial charge in [-0.1, -0.05) is 0 Å². The first kappa shape index (κ1) is 10.0. The monoisotopic (exact) mass is 185 g/mol. The van der Waals surface area contributed by atoms with Crippen LogP contribution in [0.15, 0.2) is 0 Å². The number of nitrogens with zero attached hydrogens (tertiary/aromatic N) is 1. The molecule has 0 aromatic carbocycles. The second-order valence-electron chi connectivity index (χ2n) is 3.21. The van der Waals surface area contributed by atoms with E-state index in [4.69, 9.17) is 4.74 Å². The van der Waals surface area contributed by atoms with Gasteiger partial charge in [0.15, 0.2) is 0 Å². The van der Waals surface area contributed by atoms with Crippen molar-refractivity contribution in [2.75, 3.05) is 20.2 Å². The molecule has 1 aliphatic rings. The van der Waals surface area contributed by atoms with E-state index in [-0.39, 0.29) is 11.9 Å². The average Bonchev–Trinajstić information content (AvgIpc) is 2.10. The van der Waals surface area contributed by atoms with Crippen LogP contribution in [0.3, 0.4) is 0 Å². The summed E-state index contributed by atoms with van der Waals surface area (Å²) in [6.07, 6.45) is 1.51. The molecule has 0 radical (unpaired) electrons. The predicted molar refractivity (Wildman–Crippen MR) is 47.0 cm³/mol. The Morgan fingerprint density at radius 2 is 2.38 bits per heavy atom. The van der Waals surface area contributed by atoms with Crippen molar-refractivity contribution in [3.63, 3.8) is 0 Å². The van der Waals surface area contributed by atoms with E-state index in [9.17, 15) is 9.59 Å². The third-order valence-corrected chi connectivity index (χ3v) is 2.23. The molecular formula is C9H15NO3. The molecule has 0 saturated carbocycles. The van der Waals surface area contributed by atoms with Crippen LogP contribution in [0.25, 0.3) is 0 Å². The van der Waals surface area contributed by atoms with Gasteiger partial charge in [0.05, 0.1) is 6.61 Å². The highest BCUT2D eigenvalue weighted by molar-refractivity contribution is 5.98. The molecule has 1 aliphatic heterocycles. The maximum atomic E-state index is 11.5. The lowest BCUT2D eigenvalue weighted by Crippen LogP contribution is -2.42. The number of hydrogen-bond donors (Lipinski definition) is 0. The predicted octanol–water partition coefficient (Wildman–Crippen LogP) is 0.418. The summed E-state index contributed by atoms with van der Waals surface area (Å²) in [5.74, 6) is -1.04. The lowest BCUT2D eigenvalue weighted by Gasteiger charge is -2.27. The van der Waals surface area contributed by atoms with Gasteiger partial charge >= 0.3 is 5.97 Å². The zero-order chi connectivity index (χ0) is 9.84. The van der Waals surface area contributed by atoms with Crippen molar-refractivity contribution in [2.24, 2.45) is 5.92 Å². The minimum Gasteiger partial charge on any atom is -0.465 e. The molecule has 1 rings (SSSR count). The van der Waals surface area contributed by atoms with Crippen molar-refractivity contribution in [3.05, 3.63) is 0 Å². The standard InChI is InChI=1S/C9H15NO3/c1-3-13-9(12)7-5-4-6-10(2)8(7)11/h7H,3-6H2,1-2H3. The van der Waals surface area contributed by atoms with Crippen LogP contribution in [0.1, 0.15) is 19.8 Å². The average molecular weight is 185 g/mol. The summed E-state index contributed by atoms with van der Waals surface area (Å²) < 4.78 is 4.81. The molecule has 0 spiro atoms. The lowest BCUT2D eigenvalue weighted by atomic mass is 9.98. The fourth-order valence-corrected chi connectivity index (χ4v) is 1.49. The Labute approximate surface area is 77.8 Å². The molecule has 1 heterocycles. The highest BCUT2D eigenvalue weighted by atomic mass is 16.5. The Hall–Kier alpha value is -1.06. The molecule has 0 aliphatic carbocycles. The minimum atomic E-state index is -0.557. The van der Waals surface area contributed by atoms with Gasteiger partial charge in [0.1, 0.15) is 5.92 Å². The van der Waals surface area contributed by atoms with Gasteiger partial charge in [0.2, 0.25) is 5.91 Å². The number of carbonyl (C=O) groups is 2. The highest BCUT2D eigenvalue weighted by Crippen LogP contribution is 2.17. The van der Waals surface area contributed by atoms with E-state index in [2.05, 4.69) is 0 Å². The van der Waals surface area contributed by atoms with Crippen molar-refractivity contribution >= 4 is 11.9 Å². The zero-order valence-electron chi connectivity index (χ0n) is 8.08. The molecule has 0 bridgehead atoms. The van der Waals surface area contributed by atoms with E-state index in [1.165, 1.54) is 0 Å². The number of amides is 1. The third kappa shape index (κ3) is 2.20. The van der Waals surface area contributed by atoms with E-state index in [1.54, 1.807) is 18.9 Å². The van der Waals surface area contributed by atoms with Crippen molar-refractivity contribution < 1.29 is 14.3 Å². The molecular weight excluding hydrogens is 170 g/mol. The van der Waals surface area contributed by atoms with Crippen LogP contribution in [-0.2, 0) is 14.3 Å². The molecule has 1 unspecified atom stereocenters. The van der Waals surface area contributed by atoms with E-state index in [0.717, 1.165) is 13.0 Å². The number of esters is 1. The van der Waals surface area contributed by atoms with E-state index >= 15 is 0 Å². The van der Waals surface area contributed by atoms with Gasteiger partial charge < -0.3 is 9.64 Å². The number of likely N-dealkylation sites (tertiary alicyclic amines) is 1. The molecule has 1 atom stereocenters. The smallest absolute Gasteiger partial charge is 0.318 e. The summed E-state index contributed by atoms with van der Waals surface area (Å²) in [7, 11) is 1.72. The molecule has 4 heteroatoms. The molecule has 0 aromatic heterocycles. The SMILES string of the molecule is CCOC(=O)C1CCCN(C)C1=O. The third-order valence-electron chi connectivity index (χ3n) is 2.23. The normalized spacial score (nSPS) is 23.1. The summed E-state index contributed by atoms with van der Waals surface area (Å²) in [4.78, 5) is 24.3. The van der Waals surface area contributed by atoms with Gasteiger partial charge in [-0.25, -0.2) is 0 Å². The number of rotatable bonds is 2. The lowest BCUT2D eigenvalue weighted by molar-refractivity contribution is -0.157. The molecule has 1 amide bonds. The maximum absolute atomic E-state index is 11.5. The van der Waals surface area contributed by atoms with E-state index in [0.29, 0.717) is 13.0 Å². The van der Waals surface area contributed by atoms with Crippen LogP contribution < -0.4 is 0 Å². The topological polar surface area (TPSA) is 46.6 Å². The summed E-state index contributed by atoms with van der Waals surface area (Å²) in [5.41, 5.74) is 0. The molecule has 4 nitrogen and oxygen atoms in total. The first-order valence-electron chi connectivity index (χ1n) is 4.58. The summed E-state index contributed by atoms with van der Waals surface area (Å²) in [5, 5.41) is 0. The van der Waals surface area contributed by atoms with Crippen LogP contribution in [0.4, 0.5) is 0 Å². The van der Waals surface area contributed by atoms with Crippen molar-refractivity contribution in [1.29, 1.82) is 0 Å². The molecule has 1 saturated heterocycles. The molecule has 1 fully saturated rings. The van der Waals surface area contributed by atoms with Gasteiger partial charge in [0, 0.05) is 13.6 Å². The Morgan fingerprint density at radius 1 is 1.69 bits per heavy atom. The fraction of sp³-hybridized carbons (Fsp3) is 0.778. The van der Waals surface area contributed by atoms with Crippen molar-refractivity contribution in [3.8, 4) is 0 Å². The van der Waals surface area contributed by atoms with Gasteiger partial charge in [-0.15, -0.1) is 0 Å². The maximum Gasteiger partial charge on any atom is 0.318 e. The van der Waals surface area contributed by atoms with Crippen LogP contribution in [-0.4, -0.2) is 37.0 Å². The minimum absolute atomic E-state index is 0.107. The number of carbonyl (C=O) groups excluding carboxylic acids is 2. The van der Waals surface area contributed by atoms with Gasteiger partial charge in [-0.3, -0.25) is 9.59 Å². The van der Waals surface area contributed by atoms with Gasteiger partial charge in [-0.2, -0.15) is 0 Å². The van der Waals surface area contributed by atoms with Crippen molar-refractivity contribution in [2.45, 2.75) is 19.8 Å². The Bertz CT molecular complexity index is 215. The Morgan fingerprint density at radius 3 is 3.00 bits per heavy atom. The number of hydrogen-bond acceptors (Lipinski definition) is 3. The zero-order valence-corrected chi connectivity index (χ0v) is 8.08. The van der Waals surface area contributed by atoms with Crippen LogP contribution in [0.5, 0.6) is 0 Å². The summed E-state index contributed by atoms with van der Waals surface area (Å²) in [6.45, 7) is 2.83. The van der Waals surface area contributed by atoms with Crippen molar-refractivity contribution in [1.82, 2.24) is 4.90 Å². The first-order chi connectivity index (χ1) is 6.16. The summed E-state index contributed by atoms with van der Waals surface area (Å²) in [6, 6.07) is 0. The fourth-order valence-electron chi connectivity index (χ4n) is 1.49. The first-order valence-corrected chi connectivity index (χ1v) is 4.58. The summed E-state index contributed by atoms with van der Waals surface area (Å²) >= 11 is 0. The largest absolute Gasteiger partial charge is 0.465 e. The van der Waals surface area contributed by atoms with Gasteiger partial charge in [-0.05, 0) is 19.8 Å². The second-order valence-corrected chi connectivity index (χ2v) is 3.21. The van der Waals surface area contributed by atoms with Crippen LogP contribution >= 0.6 is 0 Å². The van der Waals surface area contributed by atoms with Crippen LogP contribution in [0.2, 0.25) is 0 Å². The van der Waals surface area contributed by atoms with Crippen LogP contribution in [0, 0.1) is 5.92 Å². The Kier molecular flexibility index (Phi) is 3.28. The molecule has 0 N–H and O–H groups in total. The second kappa shape index (κ2) is 4.25. The van der Waals surface area contributed by atoms with E-state index in [1.807, 2.05) is 0 Å². The Balaban J connectivity index is 2.57.